The molecule has 0 aliphatic carbocycles. The third-order valence-electron chi connectivity index (χ3n) is 2.88. The van der Waals surface area contributed by atoms with E-state index in [1.54, 1.807) is 7.11 Å². The molecule has 0 radical (unpaired) electrons. The van der Waals surface area contributed by atoms with Crippen LogP contribution in [0.5, 0.6) is 0 Å². The van der Waals surface area contributed by atoms with Crippen LogP contribution in [0.3, 0.4) is 0 Å². The highest BCUT2D eigenvalue weighted by molar-refractivity contribution is 5.80. The summed E-state index contributed by atoms with van der Waals surface area (Å²) < 4.78 is 10.2. The average molecular weight is 230 g/mol. The maximum absolute atomic E-state index is 12.2. The molecule has 1 fully saturated rings. The van der Waals surface area contributed by atoms with Crippen LogP contribution in [0.1, 0.15) is 13.8 Å². The van der Waals surface area contributed by atoms with E-state index in [1.165, 1.54) is 0 Å². The van der Waals surface area contributed by atoms with Gasteiger partial charge in [0.05, 0.1) is 25.7 Å². The normalized spacial score (nSPS) is 25.1. The first-order valence-corrected chi connectivity index (χ1v) is 5.70. The van der Waals surface area contributed by atoms with Gasteiger partial charge in [-0.05, 0) is 13.8 Å². The van der Waals surface area contributed by atoms with Gasteiger partial charge in [0, 0.05) is 25.7 Å². The lowest BCUT2D eigenvalue weighted by molar-refractivity contribution is -0.138. The fraction of sp³-hybridized carbons (Fsp3) is 0.909. The van der Waals surface area contributed by atoms with Gasteiger partial charge in [0.25, 0.3) is 0 Å². The molecule has 1 amide bonds. The molecule has 5 heteroatoms. The maximum atomic E-state index is 12.2. The summed E-state index contributed by atoms with van der Waals surface area (Å²) in [5.74, 6) is -0.115. The Morgan fingerprint density at radius 2 is 2.25 bits per heavy atom. The van der Waals surface area contributed by atoms with Gasteiger partial charge in [-0.15, -0.1) is 0 Å². The number of hydrogen-bond acceptors (Lipinski definition) is 4. The van der Waals surface area contributed by atoms with E-state index in [1.807, 2.05) is 18.7 Å². The quantitative estimate of drug-likeness (QED) is 0.713. The van der Waals surface area contributed by atoms with Crippen molar-refractivity contribution in [1.29, 1.82) is 0 Å². The molecule has 2 N–H and O–H groups in total. The Morgan fingerprint density at radius 3 is 2.69 bits per heavy atom. The predicted molar refractivity (Wildman–Crippen MR) is 61.0 cm³/mol. The van der Waals surface area contributed by atoms with Crippen molar-refractivity contribution >= 4 is 5.91 Å². The largest absolute Gasteiger partial charge is 0.383 e. The predicted octanol–water partition coefficient (Wildman–Crippen LogP) is -0.156. The van der Waals surface area contributed by atoms with Gasteiger partial charge in [-0.2, -0.15) is 0 Å². The molecule has 1 heterocycles. The Labute approximate surface area is 96.9 Å². The third-order valence-corrected chi connectivity index (χ3v) is 2.88. The molecule has 0 bridgehead atoms. The van der Waals surface area contributed by atoms with E-state index >= 15 is 0 Å². The summed E-state index contributed by atoms with van der Waals surface area (Å²) in [4.78, 5) is 14.0. The second-order valence-corrected chi connectivity index (χ2v) is 4.43. The van der Waals surface area contributed by atoms with Crippen molar-refractivity contribution in [2.24, 2.45) is 11.7 Å². The lowest BCUT2D eigenvalue weighted by Crippen LogP contribution is -2.47. The monoisotopic (exact) mass is 230 g/mol. The molecule has 0 aromatic carbocycles. The number of carbonyl (C=O) groups is 1. The topological polar surface area (TPSA) is 64.8 Å². The van der Waals surface area contributed by atoms with E-state index in [0.717, 1.165) is 0 Å². The Morgan fingerprint density at radius 1 is 1.56 bits per heavy atom. The molecule has 0 aromatic rings. The Balaban J connectivity index is 2.59. The number of ether oxygens (including phenoxy) is 2. The SMILES string of the molecule is COCCN(C(=O)C1COCC1N)C(C)C. The summed E-state index contributed by atoms with van der Waals surface area (Å²) in [6, 6.07) is -0.00764. The highest BCUT2D eigenvalue weighted by atomic mass is 16.5. The summed E-state index contributed by atoms with van der Waals surface area (Å²) >= 11 is 0. The second kappa shape index (κ2) is 6.18. The standard InChI is InChI=1S/C11H22N2O3/c1-8(2)13(4-5-15-3)11(14)9-6-16-7-10(9)12/h8-10H,4-7,12H2,1-3H3. The Kier molecular flexibility index (Phi) is 5.18. The van der Waals surface area contributed by atoms with E-state index < -0.39 is 0 Å². The summed E-state index contributed by atoms with van der Waals surface area (Å²) in [5, 5.41) is 0. The first kappa shape index (κ1) is 13.4. The van der Waals surface area contributed by atoms with Crippen molar-refractivity contribution in [2.45, 2.75) is 25.9 Å². The number of carbonyl (C=O) groups excluding carboxylic acids is 1. The number of rotatable bonds is 5. The van der Waals surface area contributed by atoms with E-state index in [9.17, 15) is 4.79 Å². The van der Waals surface area contributed by atoms with Crippen LogP contribution in [0.2, 0.25) is 0 Å². The van der Waals surface area contributed by atoms with Gasteiger partial charge in [0.1, 0.15) is 0 Å². The summed E-state index contributed by atoms with van der Waals surface area (Å²) in [6.45, 7) is 6.07. The van der Waals surface area contributed by atoms with E-state index in [-0.39, 0.29) is 23.9 Å². The van der Waals surface area contributed by atoms with E-state index in [2.05, 4.69) is 0 Å². The van der Waals surface area contributed by atoms with Gasteiger partial charge in [-0.25, -0.2) is 0 Å². The zero-order valence-corrected chi connectivity index (χ0v) is 10.3. The van der Waals surface area contributed by atoms with Crippen LogP contribution in [-0.4, -0.2) is 56.4 Å². The fourth-order valence-electron chi connectivity index (χ4n) is 1.85. The van der Waals surface area contributed by atoms with Gasteiger partial charge in [-0.3, -0.25) is 4.79 Å². The molecule has 1 aliphatic heterocycles. The lowest BCUT2D eigenvalue weighted by atomic mass is 10.0. The molecule has 2 unspecified atom stereocenters. The molecule has 0 spiro atoms. The van der Waals surface area contributed by atoms with E-state index in [4.69, 9.17) is 15.2 Å². The van der Waals surface area contributed by atoms with E-state index in [0.29, 0.717) is 26.4 Å². The molecule has 1 saturated heterocycles. The summed E-state index contributed by atoms with van der Waals surface area (Å²) in [6.07, 6.45) is 0. The molecular weight excluding hydrogens is 208 g/mol. The molecule has 94 valence electrons. The van der Waals surface area contributed by atoms with Crippen LogP contribution >= 0.6 is 0 Å². The highest BCUT2D eigenvalue weighted by Gasteiger charge is 2.34. The van der Waals surface area contributed by atoms with Crippen LogP contribution < -0.4 is 5.73 Å². The number of hydrogen-bond donors (Lipinski definition) is 1. The van der Waals surface area contributed by atoms with Crippen molar-refractivity contribution in [1.82, 2.24) is 4.90 Å². The summed E-state index contributed by atoms with van der Waals surface area (Å²) in [5.41, 5.74) is 5.84. The number of nitrogens with two attached hydrogens (primary N) is 1. The molecule has 2 atom stereocenters. The lowest BCUT2D eigenvalue weighted by Gasteiger charge is -2.29. The number of nitrogens with zero attached hydrogens (tertiary/aromatic N) is 1. The molecule has 1 aliphatic rings. The summed E-state index contributed by atoms with van der Waals surface area (Å²) in [7, 11) is 1.63. The van der Waals surface area contributed by atoms with Crippen molar-refractivity contribution < 1.29 is 14.3 Å². The second-order valence-electron chi connectivity index (χ2n) is 4.43. The van der Waals surface area contributed by atoms with Gasteiger partial charge in [0.2, 0.25) is 5.91 Å². The Hall–Kier alpha value is -0.650. The van der Waals surface area contributed by atoms with Crippen molar-refractivity contribution in [3.05, 3.63) is 0 Å². The minimum atomic E-state index is -0.195. The van der Waals surface area contributed by atoms with Gasteiger partial charge in [-0.1, -0.05) is 0 Å². The van der Waals surface area contributed by atoms with Gasteiger partial charge in [0.15, 0.2) is 0 Å². The third kappa shape index (κ3) is 3.17. The van der Waals surface area contributed by atoms with Gasteiger partial charge >= 0.3 is 0 Å². The van der Waals surface area contributed by atoms with Crippen LogP contribution in [-0.2, 0) is 14.3 Å². The fourth-order valence-corrected chi connectivity index (χ4v) is 1.85. The molecule has 16 heavy (non-hydrogen) atoms. The number of methoxy groups -OCH3 is 1. The van der Waals surface area contributed by atoms with Crippen LogP contribution in [0.15, 0.2) is 0 Å². The van der Waals surface area contributed by atoms with Crippen molar-refractivity contribution in [3.8, 4) is 0 Å². The van der Waals surface area contributed by atoms with Crippen LogP contribution in [0.4, 0.5) is 0 Å². The zero-order chi connectivity index (χ0) is 12.1. The zero-order valence-electron chi connectivity index (χ0n) is 10.3. The molecular formula is C11H22N2O3. The van der Waals surface area contributed by atoms with Crippen LogP contribution in [0, 0.1) is 5.92 Å². The minimum Gasteiger partial charge on any atom is -0.383 e. The van der Waals surface area contributed by atoms with Crippen molar-refractivity contribution in [3.63, 3.8) is 0 Å². The van der Waals surface area contributed by atoms with Gasteiger partial charge < -0.3 is 20.1 Å². The highest BCUT2D eigenvalue weighted by Crippen LogP contribution is 2.16. The average Bonchev–Trinajstić information content (AvgIpc) is 2.64. The maximum Gasteiger partial charge on any atom is 0.229 e. The first-order chi connectivity index (χ1) is 7.57. The van der Waals surface area contributed by atoms with Crippen molar-refractivity contribution in [2.75, 3.05) is 33.5 Å². The molecule has 0 aromatic heterocycles. The number of amides is 1. The molecule has 0 saturated carbocycles. The minimum absolute atomic E-state index is 0.0806. The molecule has 5 nitrogen and oxygen atoms in total. The Bertz CT molecular complexity index is 233. The van der Waals surface area contributed by atoms with Crippen LogP contribution in [0.25, 0.3) is 0 Å². The first-order valence-electron chi connectivity index (χ1n) is 5.70. The smallest absolute Gasteiger partial charge is 0.229 e. The molecule has 1 rings (SSSR count).